The lowest BCUT2D eigenvalue weighted by atomic mass is 10.1. The Morgan fingerprint density at radius 3 is 1.38 bits per heavy atom. The quantitative estimate of drug-likeness (QED) is 0.346. The Labute approximate surface area is 156 Å². The first-order chi connectivity index (χ1) is 12.2. The van der Waals surface area contributed by atoms with Crippen molar-refractivity contribution in [1.82, 2.24) is 21.3 Å². The standard InChI is InChI=1S/C18H34N4O4/c1-13(2)15(23)5-9-20-17(25)7-11-22-18(26)8-12-21-16(24)6-10-19-14(3)4/h13-14,19H,5-12H2,1-4H3,(H,20,25)(H,21,24)(H,22,26). The fraction of sp³-hybridized carbons (Fsp3) is 0.778. The molecule has 0 fully saturated rings. The zero-order valence-corrected chi connectivity index (χ0v) is 16.4. The van der Waals surface area contributed by atoms with E-state index in [9.17, 15) is 19.2 Å². The Balaban J connectivity index is 3.63. The van der Waals surface area contributed by atoms with Gasteiger partial charge in [0, 0.05) is 63.8 Å². The van der Waals surface area contributed by atoms with Crippen molar-refractivity contribution in [3.63, 3.8) is 0 Å². The van der Waals surface area contributed by atoms with Crippen LogP contribution in [0.3, 0.4) is 0 Å². The summed E-state index contributed by atoms with van der Waals surface area (Å²) in [5.74, 6) is -0.429. The van der Waals surface area contributed by atoms with Gasteiger partial charge in [-0.25, -0.2) is 0 Å². The smallest absolute Gasteiger partial charge is 0.221 e. The van der Waals surface area contributed by atoms with Crippen molar-refractivity contribution in [3.05, 3.63) is 0 Å². The second kappa shape index (κ2) is 14.2. The minimum Gasteiger partial charge on any atom is -0.356 e. The van der Waals surface area contributed by atoms with Crippen molar-refractivity contribution < 1.29 is 19.2 Å². The summed E-state index contributed by atoms with van der Waals surface area (Å²) in [6.07, 6.45) is 1.03. The first-order valence-corrected chi connectivity index (χ1v) is 9.28. The highest BCUT2D eigenvalue weighted by Crippen LogP contribution is 1.97. The van der Waals surface area contributed by atoms with Gasteiger partial charge >= 0.3 is 0 Å². The van der Waals surface area contributed by atoms with Crippen LogP contribution in [0.5, 0.6) is 0 Å². The molecule has 0 aromatic heterocycles. The van der Waals surface area contributed by atoms with Crippen LogP contribution < -0.4 is 21.3 Å². The zero-order valence-electron chi connectivity index (χ0n) is 16.4. The molecule has 0 unspecified atom stereocenters. The molecule has 0 saturated heterocycles. The molecular formula is C18H34N4O4. The molecule has 26 heavy (non-hydrogen) atoms. The molecule has 0 heterocycles. The molecule has 0 saturated carbocycles. The number of rotatable bonds is 14. The normalized spacial score (nSPS) is 10.7. The maximum absolute atomic E-state index is 11.6. The van der Waals surface area contributed by atoms with E-state index in [1.54, 1.807) is 0 Å². The van der Waals surface area contributed by atoms with Gasteiger partial charge in [-0.3, -0.25) is 19.2 Å². The van der Waals surface area contributed by atoms with Gasteiger partial charge in [0.15, 0.2) is 0 Å². The van der Waals surface area contributed by atoms with Gasteiger partial charge in [-0.15, -0.1) is 0 Å². The number of hydrogen-bond acceptors (Lipinski definition) is 5. The molecule has 0 aliphatic rings. The van der Waals surface area contributed by atoms with Crippen LogP contribution in [-0.4, -0.2) is 55.7 Å². The molecule has 8 heteroatoms. The maximum atomic E-state index is 11.6. The van der Waals surface area contributed by atoms with Crippen LogP contribution in [0.1, 0.15) is 53.4 Å². The highest BCUT2D eigenvalue weighted by Gasteiger charge is 2.09. The summed E-state index contributed by atoms with van der Waals surface area (Å²) < 4.78 is 0. The lowest BCUT2D eigenvalue weighted by Gasteiger charge is -2.09. The average molecular weight is 370 g/mol. The van der Waals surface area contributed by atoms with Gasteiger partial charge < -0.3 is 21.3 Å². The van der Waals surface area contributed by atoms with Gasteiger partial charge in [-0.1, -0.05) is 27.7 Å². The topological polar surface area (TPSA) is 116 Å². The molecule has 0 aliphatic carbocycles. The number of Topliss-reactive ketones (excluding diaryl/α,β-unsaturated/α-hetero) is 1. The molecule has 0 atom stereocenters. The van der Waals surface area contributed by atoms with Crippen LogP contribution in [0, 0.1) is 5.92 Å². The lowest BCUT2D eigenvalue weighted by molar-refractivity contribution is -0.123. The molecule has 0 aromatic carbocycles. The highest BCUT2D eigenvalue weighted by molar-refractivity contribution is 5.82. The lowest BCUT2D eigenvalue weighted by Crippen LogP contribution is -2.35. The van der Waals surface area contributed by atoms with Crippen molar-refractivity contribution in [2.45, 2.75) is 59.4 Å². The van der Waals surface area contributed by atoms with E-state index in [1.165, 1.54) is 0 Å². The van der Waals surface area contributed by atoms with E-state index in [2.05, 4.69) is 21.3 Å². The van der Waals surface area contributed by atoms with Crippen LogP contribution in [0.2, 0.25) is 0 Å². The molecule has 8 nitrogen and oxygen atoms in total. The number of ketones is 1. The minimum absolute atomic E-state index is 0.0295. The van der Waals surface area contributed by atoms with Crippen molar-refractivity contribution >= 4 is 23.5 Å². The Bertz CT molecular complexity index is 464. The molecule has 150 valence electrons. The highest BCUT2D eigenvalue weighted by atomic mass is 16.2. The predicted octanol–water partition coefficient (Wildman–Crippen LogP) is 0.119. The third-order valence-corrected chi connectivity index (χ3v) is 3.59. The Hall–Kier alpha value is -1.96. The summed E-state index contributed by atoms with van der Waals surface area (Å²) in [5, 5.41) is 11.1. The largest absolute Gasteiger partial charge is 0.356 e. The molecule has 0 bridgehead atoms. The predicted molar refractivity (Wildman–Crippen MR) is 100 cm³/mol. The van der Waals surface area contributed by atoms with Crippen molar-refractivity contribution in [1.29, 1.82) is 0 Å². The summed E-state index contributed by atoms with van der Waals surface area (Å²) in [7, 11) is 0. The van der Waals surface area contributed by atoms with Crippen LogP contribution in [0.4, 0.5) is 0 Å². The SMILES string of the molecule is CC(C)NCCC(=O)NCCC(=O)NCCC(=O)NCCC(=O)C(C)C. The molecule has 0 aliphatic heterocycles. The van der Waals surface area contributed by atoms with Crippen molar-refractivity contribution in [2.75, 3.05) is 26.2 Å². The van der Waals surface area contributed by atoms with Crippen LogP contribution in [0.15, 0.2) is 0 Å². The number of nitrogens with one attached hydrogen (secondary N) is 4. The maximum Gasteiger partial charge on any atom is 0.221 e. The average Bonchev–Trinajstić information content (AvgIpc) is 2.54. The Morgan fingerprint density at radius 2 is 1.00 bits per heavy atom. The van der Waals surface area contributed by atoms with E-state index in [-0.39, 0.29) is 55.4 Å². The first-order valence-electron chi connectivity index (χ1n) is 9.28. The molecule has 3 amide bonds. The first kappa shape index (κ1) is 24.0. The van der Waals surface area contributed by atoms with Crippen LogP contribution in [0.25, 0.3) is 0 Å². The minimum atomic E-state index is -0.214. The Morgan fingerprint density at radius 1 is 0.615 bits per heavy atom. The Kier molecular flexibility index (Phi) is 13.2. The summed E-state index contributed by atoms with van der Waals surface area (Å²) in [6, 6.07) is 0.335. The van der Waals surface area contributed by atoms with Gasteiger partial charge in [0.05, 0.1) is 0 Å². The summed E-state index contributed by atoms with van der Waals surface area (Å²) in [6.45, 7) is 9.09. The molecule has 0 radical (unpaired) electrons. The number of amides is 3. The number of carbonyl (C=O) groups is 4. The van der Waals surface area contributed by atoms with E-state index in [0.717, 1.165) is 0 Å². The molecule has 0 aromatic rings. The third kappa shape index (κ3) is 14.4. The van der Waals surface area contributed by atoms with Gasteiger partial charge in [0.25, 0.3) is 0 Å². The summed E-state index contributed by atoms with van der Waals surface area (Å²) in [4.78, 5) is 46.2. The monoisotopic (exact) mass is 370 g/mol. The van der Waals surface area contributed by atoms with Crippen LogP contribution >= 0.6 is 0 Å². The number of carbonyl (C=O) groups excluding carboxylic acids is 4. The van der Waals surface area contributed by atoms with Crippen LogP contribution in [-0.2, 0) is 19.2 Å². The summed E-state index contributed by atoms with van der Waals surface area (Å²) >= 11 is 0. The summed E-state index contributed by atoms with van der Waals surface area (Å²) in [5.41, 5.74) is 0. The third-order valence-electron chi connectivity index (χ3n) is 3.59. The molecule has 0 rings (SSSR count). The van der Waals surface area contributed by atoms with Crippen molar-refractivity contribution in [3.8, 4) is 0 Å². The zero-order chi connectivity index (χ0) is 19.9. The van der Waals surface area contributed by atoms with Gasteiger partial charge in [-0.2, -0.15) is 0 Å². The van der Waals surface area contributed by atoms with E-state index in [1.807, 2.05) is 27.7 Å². The van der Waals surface area contributed by atoms with E-state index in [0.29, 0.717) is 32.0 Å². The van der Waals surface area contributed by atoms with Gasteiger partial charge in [-0.05, 0) is 0 Å². The van der Waals surface area contributed by atoms with Gasteiger partial charge in [0.2, 0.25) is 17.7 Å². The van der Waals surface area contributed by atoms with E-state index in [4.69, 9.17) is 0 Å². The van der Waals surface area contributed by atoms with Crippen molar-refractivity contribution in [2.24, 2.45) is 5.92 Å². The second-order valence-electron chi connectivity index (χ2n) is 6.78. The van der Waals surface area contributed by atoms with E-state index >= 15 is 0 Å². The number of hydrogen-bond donors (Lipinski definition) is 4. The van der Waals surface area contributed by atoms with Gasteiger partial charge in [0.1, 0.15) is 5.78 Å². The fourth-order valence-electron chi connectivity index (χ4n) is 1.98. The van der Waals surface area contributed by atoms with E-state index < -0.39 is 0 Å². The molecular weight excluding hydrogens is 336 g/mol. The fourth-order valence-corrected chi connectivity index (χ4v) is 1.98. The molecule has 4 N–H and O–H groups in total. The molecule has 0 spiro atoms. The second-order valence-corrected chi connectivity index (χ2v) is 6.78.